The number of nitrogens with one attached hydrogen (secondary N) is 1. The smallest absolute Gasteiger partial charge is 0.293 e. The fourth-order valence-corrected chi connectivity index (χ4v) is 1.65. The quantitative estimate of drug-likeness (QED) is 0.603. The number of non-ortho nitro benzene ring substituents is 1. The molecule has 5 nitrogen and oxygen atoms in total. The summed E-state index contributed by atoms with van der Waals surface area (Å²) in [6, 6.07) is 4.84. The minimum absolute atomic E-state index is 0.00269. The summed E-state index contributed by atoms with van der Waals surface area (Å²) in [5.41, 5.74) is 1.70. The summed E-state index contributed by atoms with van der Waals surface area (Å²) < 4.78 is 0. The number of nitro groups is 1. The molecule has 0 fully saturated rings. The summed E-state index contributed by atoms with van der Waals surface area (Å²) in [5.74, 6) is 0. The van der Waals surface area contributed by atoms with Crippen molar-refractivity contribution in [2.24, 2.45) is 0 Å². The Morgan fingerprint density at radius 2 is 2.06 bits per heavy atom. The summed E-state index contributed by atoms with van der Waals surface area (Å²) in [4.78, 5) is 13.1. The van der Waals surface area contributed by atoms with E-state index in [9.17, 15) is 10.1 Å². The number of aryl methyl sites for hydroxylation is 1. The predicted octanol–water partition coefficient (Wildman–Crippen LogP) is 3.28. The van der Waals surface area contributed by atoms with Gasteiger partial charge in [-0.1, -0.05) is 13.8 Å². The summed E-state index contributed by atoms with van der Waals surface area (Å²) in [5, 5.41) is 20.2. The van der Waals surface area contributed by atoms with E-state index in [0.29, 0.717) is 16.5 Å². The molecule has 0 radical (unpaired) electrons. The van der Waals surface area contributed by atoms with Crippen molar-refractivity contribution < 1.29 is 4.92 Å². The Hall–Kier alpha value is -2.35. The van der Waals surface area contributed by atoms with E-state index in [0.717, 1.165) is 5.56 Å². The monoisotopic (exact) mass is 231 g/mol. The molecule has 0 saturated carbocycles. The highest BCUT2D eigenvalue weighted by atomic mass is 16.6. The SMILES string of the molecule is CC.Cc1c[nH]c2c([N+](=O)[O-])ccc(C#N)c12. The number of nitro benzene ring substituents is 1. The maximum atomic E-state index is 10.7. The van der Waals surface area contributed by atoms with Crippen LogP contribution in [-0.2, 0) is 0 Å². The molecular formula is C12H13N3O2. The summed E-state index contributed by atoms with van der Waals surface area (Å²) in [6.45, 7) is 5.81. The number of benzene rings is 1. The van der Waals surface area contributed by atoms with E-state index in [4.69, 9.17) is 5.26 Å². The highest BCUT2D eigenvalue weighted by Gasteiger charge is 2.16. The standard InChI is InChI=1S/C10H7N3O2.C2H6/c1-6-5-12-10-8(13(14)15)3-2-7(4-11)9(6)10;1-2/h2-3,5,12H,1H3;1-2H3. The van der Waals surface area contributed by atoms with Gasteiger partial charge >= 0.3 is 0 Å². The average Bonchev–Trinajstić information content (AvgIpc) is 2.73. The van der Waals surface area contributed by atoms with E-state index in [2.05, 4.69) is 4.98 Å². The maximum Gasteiger partial charge on any atom is 0.293 e. The van der Waals surface area contributed by atoms with Crippen molar-refractivity contribution in [3.8, 4) is 6.07 Å². The first kappa shape index (κ1) is 12.7. The number of aromatic amines is 1. The van der Waals surface area contributed by atoms with Gasteiger partial charge in [0.1, 0.15) is 5.52 Å². The molecule has 1 aromatic carbocycles. The molecule has 2 aromatic rings. The first-order valence-corrected chi connectivity index (χ1v) is 5.30. The van der Waals surface area contributed by atoms with Crippen molar-refractivity contribution in [2.45, 2.75) is 20.8 Å². The number of H-pyrrole nitrogens is 1. The Bertz CT molecular complexity index is 594. The van der Waals surface area contributed by atoms with Crippen LogP contribution in [0.3, 0.4) is 0 Å². The molecule has 5 heteroatoms. The number of nitrogens with zero attached hydrogens (tertiary/aromatic N) is 2. The molecule has 0 aliphatic carbocycles. The van der Waals surface area contributed by atoms with E-state index in [-0.39, 0.29) is 5.69 Å². The second kappa shape index (κ2) is 5.12. The van der Waals surface area contributed by atoms with Crippen molar-refractivity contribution in [3.63, 3.8) is 0 Å². The third-order valence-electron chi connectivity index (χ3n) is 2.33. The van der Waals surface area contributed by atoms with Gasteiger partial charge in [-0.15, -0.1) is 0 Å². The minimum Gasteiger partial charge on any atom is -0.355 e. The third-order valence-corrected chi connectivity index (χ3v) is 2.33. The molecule has 1 heterocycles. The lowest BCUT2D eigenvalue weighted by molar-refractivity contribution is -0.383. The highest BCUT2D eigenvalue weighted by Crippen LogP contribution is 2.29. The van der Waals surface area contributed by atoms with Gasteiger partial charge in [-0.3, -0.25) is 10.1 Å². The number of hydrogen-bond acceptors (Lipinski definition) is 3. The van der Waals surface area contributed by atoms with Crippen molar-refractivity contribution in [2.75, 3.05) is 0 Å². The minimum atomic E-state index is -0.459. The molecule has 1 aromatic heterocycles. The fourth-order valence-electron chi connectivity index (χ4n) is 1.65. The number of fused-ring (bicyclic) bond motifs is 1. The van der Waals surface area contributed by atoms with Gasteiger partial charge < -0.3 is 4.98 Å². The van der Waals surface area contributed by atoms with Gasteiger partial charge in [0, 0.05) is 17.6 Å². The van der Waals surface area contributed by atoms with Crippen LogP contribution >= 0.6 is 0 Å². The zero-order valence-corrected chi connectivity index (χ0v) is 9.94. The molecule has 0 saturated heterocycles. The lowest BCUT2D eigenvalue weighted by atomic mass is 10.1. The van der Waals surface area contributed by atoms with E-state index in [1.165, 1.54) is 12.1 Å². The highest BCUT2D eigenvalue weighted by molar-refractivity contribution is 5.94. The average molecular weight is 231 g/mol. The Labute approximate surface area is 98.8 Å². The van der Waals surface area contributed by atoms with Gasteiger partial charge in [0.2, 0.25) is 0 Å². The third kappa shape index (κ3) is 2.11. The van der Waals surface area contributed by atoms with E-state index in [1.54, 1.807) is 6.20 Å². The zero-order valence-electron chi connectivity index (χ0n) is 9.94. The number of rotatable bonds is 1. The molecule has 0 unspecified atom stereocenters. The van der Waals surface area contributed by atoms with Crippen LogP contribution in [0.25, 0.3) is 10.9 Å². The van der Waals surface area contributed by atoms with Crippen LogP contribution in [0.2, 0.25) is 0 Å². The largest absolute Gasteiger partial charge is 0.355 e. The van der Waals surface area contributed by atoms with Crippen LogP contribution in [0.15, 0.2) is 18.3 Å². The van der Waals surface area contributed by atoms with Gasteiger partial charge in [0.25, 0.3) is 5.69 Å². The Morgan fingerprint density at radius 1 is 1.41 bits per heavy atom. The summed E-state index contributed by atoms with van der Waals surface area (Å²) in [7, 11) is 0. The van der Waals surface area contributed by atoms with E-state index < -0.39 is 4.92 Å². The van der Waals surface area contributed by atoms with Crippen LogP contribution in [0, 0.1) is 28.4 Å². The molecule has 1 N–H and O–H groups in total. The maximum absolute atomic E-state index is 10.7. The molecule has 88 valence electrons. The van der Waals surface area contributed by atoms with Gasteiger partial charge in [0.15, 0.2) is 0 Å². The molecule has 2 rings (SSSR count). The lowest BCUT2D eigenvalue weighted by Gasteiger charge is -1.96. The summed E-state index contributed by atoms with van der Waals surface area (Å²) >= 11 is 0. The molecule has 0 aliphatic heterocycles. The van der Waals surface area contributed by atoms with Crippen LogP contribution < -0.4 is 0 Å². The zero-order chi connectivity index (χ0) is 13.0. The fraction of sp³-hybridized carbons (Fsp3) is 0.250. The molecule has 0 amide bonds. The molecular weight excluding hydrogens is 218 g/mol. The summed E-state index contributed by atoms with van der Waals surface area (Å²) in [6.07, 6.45) is 1.67. The van der Waals surface area contributed by atoms with Crippen molar-refractivity contribution in [3.05, 3.63) is 39.6 Å². The first-order chi connectivity index (χ1) is 8.15. The van der Waals surface area contributed by atoms with Gasteiger partial charge in [0.05, 0.1) is 16.6 Å². The van der Waals surface area contributed by atoms with Crippen molar-refractivity contribution in [1.82, 2.24) is 4.98 Å². The number of aromatic nitrogens is 1. The second-order valence-electron chi connectivity index (χ2n) is 3.22. The topological polar surface area (TPSA) is 82.7 Å². The number of hydrogen-bond donors (Lipinski definition) is 1. The van der Waals surface area contributed by atoms with Gasteiger partial charge in [-0.25, -0.2) is 0 Å². The van der Waals surface area contributed by atoms with Crippen molar-refractivity contribution in [1.29, 1.82) is 5.26 Å². The lowest BCUT2D eigenvalue weighted by Crippen LogP contribution is -1.90. The van der Waals surface area contributed by atoms with E-state index in [1.807, 2.05) is 26.8 Å². The predicted molar refractivity (Wildman–Crippen MR) is 65.8 cm³/mol. The van der Waals surface area contributed by atoms with Crippen LogP contribution in [-0.4, -0.2) is 9.91 Å². The van der Waals surface area contributed by atoms with Crippen molar-refractivity contribution >= 4 is 16.6 Å². The number of nitriles is 1. The molecule has 0 atom stereocenters. The van der Waals surface area contributed by atoms with Crippen LogP contribution in [0.4, 0.5) is 5.69 Å². The Kier molecular flexibility index (Phi) is 3.83. The molecule has 0 aliphatic rings. The van der Waals surface area contributed by atoms with Gasteiger partial charge in [-0.2, -0.15) is 5.26 Å². The molecule has 0 bridgehead atoms. The molecule has 0 spiro atoms. The Balaban J connectivity index is 0.000000686. The van der Waals surface area contributed by atoms with E-state index >= 15 is 0 Å². The first-order valence-electron chi connectivity index (χ1n) is 5.30. The van der Waals surface area contributed by atoms with Gasteiger partial charge in [-0.05, 0) is 18.6 Å². The normalized spacial score (nSPS) is 9.29. The molecule has 17 heavy (non-hydrogen) atoms. The Morgan fingerprint density at radius 3 is 2.59 bits per heavy atom. The van der Waals surface area contributed by atoms with Crippen LogP contribution in [0.1, 0.15) is 25.0 Å². The second-order valence-corrected chi connectivity index (χ2v) is 3.22. The van der Waals surface area contributed by atoms with Crippen LogP contribution in [0.5, 0.6) is 0 Å².